The molecule has 0 radical (unpaired) electrons. The van der Waals surface area contributed by atoms with E-state index < -0.39 is 0 Å². The molecular formula is C16H20N2O. The molecular weight excluding hydrogens is 236 g/mol. The molecule has 19 heavy (non-hydrogen) atoms. The van der Waals surface area contributed by atoms with Crippen LogP contribution in [0.15, 0.2) is 24.3 Å². The highest BCUT2D eigenvalue weighted by Crippen LogP contribution is 2.33. The fourth-order valence-electron chi connectivity index (χ4n) is 3.30. The number of ketones is 1. The van der Waals surface area contributed by atoms with Gasteiger partial charge in [-0.2, -0.15) is 0 Å². The molecule has 1 atom stereocenters. The van der Waals surface area contributed by atoms with Crippen molar-refractivity contribution in [2.24, 2.45) is 13.0 Å². The summed E-state index contributed by atoms with van der Waals surface area (Å²) in [6.45, 7) is 0.847. The first kappa shape index (κ1) is 12.4. The van der Waals surface area contributed by atoms with Crippen LogP contribution in [-0.2, 0) is 13.5 Å². The number of aryl methyl sites for hydroxylation is 2. The summed E-state index contributed by atoms with van der Waals surface area (Å²) in [6, 6.07) is 8.32. The lowest BCUT2D eigenvalue weighted by atomic mass is 9.85. The van der Waals surface area contributed by atoms with Gasteiger partial charge in [0.15, 0.2) is 5.78 Å². The van der Waals surface area contributed by atoms with Crippen molar-refractivity contribution in [2.45, 2.75) is 12.8 Å². The quantitative estimate of drug-likeness (QED) is 0.825. The summed E-state index contributed by atoms with van der Waals surface area (Å²) in [5, 5.41) is 1.25. The van der Waals surface area contributed by atoms with Gasteiger partial charge in [0.25, 0.3) is 0 Å². The van der Waals surface area contributed by atoms with Crippen molar-refractivity contribution in [1.29, 1.82) is 0 Å². The number of rotatable bonds is 2. The molecule has 3 heteroatoms. The second kappa shape index (κ2) is 4.49. The Hall–Kier alpha value is -1.61. The molecule has 2 aromatic rings. The van der Waals surface area contributed by atoms with E-state index in [1.807, 2.05) is 27.2 Å². The zero-order valence-corrected chi connectivity index (χ0v) is 11.8. The molecule has 0 spiro atoms. The normalized spacial score (nSPS) is 19.2. The van der Waals surface area contributed by atoms with Crippen LogP contribution in [0.4, 0.5) is 0 Å². The molecule has 0 N–H and O–H groups in total. The van der Waals surface area contributed by atoms with E-state index in [1.165, 1.54) is 16.5 Å². The molecule has 0 aliphatic heterocycles. The topological polar surface area (TPSA) is 25.2 Å². The van der Waals surface area contributed by atoms with E-state index in [0.29, 0.717) is 5.78 Å². The maximum atomic E-state index is 12.7. The Morgan fingerprint density at radius 2 is 2.05 bits per heavy atom. The molecule has 1 aromatic heterocycles. The number of hydrogen-bond donors (Lipinski definition) is 0. The van der Waals surface area contributed by atoms with Gasteiger partial charge in [-0.1, -0.05) is 18.2 Å². The van der Waals surface area contributed by atoms with E-state index in [9.17, 15) is 4.79 Å². The van der Waals surface area contributed by atoms with Crippen molar-refractivity contribution < 1.29 is 4.79 Å². The lowest BCUT2D eigenvalue weighted by Gasteiger charge is -2.24. The molecule has 0 saturated heterocycles. The lowest BCUT2D eigenvalue weighted by Crippen LogP contribution is -2.32. The van der Waals surface area contributed by atoms with Crippen LogP contribution < -0.4 is 0 Å². The third-order valence-corrected chi connectivity index (χ3v) is 4.14. The summed E-state index contributed by atoms with van der Waals surface area (Å²) < 4.78 is 2.08. The van der Waals surface area contributed by atoms with Crippen LogP contribution in [0.2, 0.25) is 0 Å². The minimum absolute atomic E-state index is 0.144. The zero-order valence-electron chi connectivity index (χ0n) is 11.8. The maximum absolute atomic E-state index is 12.7. The Bertz CT molecular complexity index is 639. The molecule has 0 saturated carbocycles. The van der Waals surface area contributed by atoms with Gasteiger partial charge in [0.2, 0.25) is 0 Å². The van der Waals surface area contributed by atoms with E-state index in [2.05, 4.69) is 27.7 Å². The van der Waals surface area contributed by atoms with Gasteiger partial charge < -0.3 is 9.47 Å². The Morgan fingerprint density at radius 3 is 2.79 bits per heavy atom. The van der Waals surface area contributed by atoms with E-state index >= 15 is 0 Å². The second-order valence-corrected chi connectivity index (χ2v) is 5.77. The molecule has 0 bridgehead atoms. The molecule has 1 aromatic carbocycles. The monoisotopic (exact) mass is 256 g/mol. The SMILES string of the molecule is CN(C)C[C@H]1CCc2c(n(C)c3ccccc23)C1=O. The maximum Gasteiger partial charge on any atom is 0.183 e. The number of aromatic nitrogens is 1. The number of carbonyl (C=O) groups excluding carboxylic acids is 1. The highest BCUT2D eigenvalue weighted by molar-refractivity contribution is 6.05. The van der Waals surface area contributed by atoms with Crippen molar-refractivity contribution in [2.75, 3.05) is 20.6 Å². The smallest absolute Gasteiger partial charge is 0.183 e. The van der Waals surface area contributed by atoms with Crippen molar-refractivity contribution >= 4 is 16.7 Å². The summed E-state index contributed by atoms with van der Waals surface area (Å²) in [4.78, 5) is 14.8. The van der Waals surface area contributed by atoms with E-state index in [1.54, 1.807) is 0 Å². The summed E-state index contributed by atoms with van der Waals surface area (Å²) in [5.74, 6) is 0.458. The van der Waals surface area contributed by atoms with Gasteiger partial charge in [0.1, 0.15) is 0 Å². The van der Waals surface area contributed by atoms with Crippen LogP contribution in [0, 0.1) is 5.92 Å². The number of para-hydroxylation sites is 1. The van der Waals surface area contributed by atoms with Crippen LogP contribution >= 0.6 is 0 Å². The van der Waals surface area contributed by atoms with Gasteiger partial charge >= 0.3 is 0 Å². The van der Waals surface area contributed by atoms with E-state index in [4.69, 9.17) is 0 Å². The second-order valence-electron chi connectivity index (χ2n) is 5.77. The van der Waals surface area contributed by atoms with Gasteiger partial charge in [0.05, 0.1) is 5.69 Å². The number of nitrogens with zero attached hydrogens (tertiary/aromatic N) is 2. The van der Waals surface area contributed by atoms with Crippen LogP contribution in [0.25, 0.3) is 10.9 Å². The molecule has 1 heterocycles. The highest BCUT2D eigenvalue weighted by atomic mass is 16.1. The Kier molecular flexibility index (Phi) is 2.94. The van der Waals surface area contributed by atoms with Crippen molar-refractivity contribution in [3.8, 4) is 0 Å². The Balaban J connectivity index is 2.11. The van der Waals surface area contributed by atoms with E-state index in [-0.39, 0.29) is 5.92 Å². The van der Waals surface area contributed by atoms with E-state index in [0.717, 1.165) is 25.1 Å². The van der Waals surface area contributed by atoms with Crippen LogP contribution in [0.3, 0.4) is 0 Å². The van der Waals surface area contributed by atoms with Crippen molar-refractivity contribution in [3.05, 3.63) is 35.5 Å². The van der Waals surface area contributed by atoms with Gasteiger partial charge in [-0.15, -0.1) is 0 Å². The molecule has 3 nitrogen and oxygen atoms in total. The van der Waals surface area contributed by atoms with Gasteiger partial charge in [-0.25, -0.2) is 0 Å². The highest BCUT2D eigenvalue weighted by Gasteiger charge is 2.31. The van der Waals surface area contributed by atoms with Crippen LogP contribution in [0.5, 0.6) is 0 Å². The third-order valence-electron chi connectivity index (χ3n) is 4.14. The van der Waals surface area contributed by atoms with Crippen LogP contribution in [0.1, 0.15) is 22.5 Å². The summed E-state index contributed by atoms with van der Waals surface area (Å²) in [5.41, 5.74) is 3.35. The fraction of sp³-hybridized carbons (Fsp3) is 0.438. The third kappa shape index (κ3) is 1.89. The average molecular weight is 256 g/mol. The minimum Gasteiger partial charge on any atom is -0.341 e. The number of Topliss-reactive ketones (excluding diaryl/α,β-unsaturated/α-hetero) is 1. The molecule has 0 amide bonds. The summed E-state index contributed by atoms with van der Waals surface area (Å²) in [6.07, 6.45) is 1.99. The first-order chi connectivity index (χ1) is 9.09. The zero-order chi connectivity index (χ0) is 13.6. The predicted octanol–water partition coefficient (Wildman–Crippen LogP) is 2.49. The molecule has 100 valence electrons. The van der Waals surface area contributed by atoms with Gasteiger partial charge in [-0.3, -0.25) is 4.79 Å². The number of benzene rings is 1. The first-order valence-corrected chi connectivity index (χ1v) is 6.85. The summed E-state index contributed by atoms with van der Waals surface area (Å²) >= 11 is 0. The largest absolute Gasteiger partial charge is 0.341 e. The standard InChI is InChI=1S/C16H20N2O/c1-17(2)10-11-8-9-13-12-6-4-5-7-14(12)18(3)15(13)16(11)19/h4-7,11H,8-10H2,1-3H3/t11-/m1/s1. The minimum atomic E-state index is 0.144. The predicted molar refractivity (Wildman–Crippen MR) is 77.6 cm³/mol. The number of carbonyl (C=O) groups is 1. The molecule has 0 fully saturated rings. The van der Waals surface area contributed by atoms with Crippen molar-refractivity contribution in [1.82, 2.24) is 9.47 Å². The van der Waals surface area contributed by atoms with Crippen molar-refractivity contribution in [3.63, 3.8) is 0 Å². The molecule has 1 aliphatic carbocycles. The average Bonchev–Trinajstić information content (AvgIpc) is 2.67. The summed E-state index contributed by atoms with van der Waals surface area (Å²) in [7, 11) is 6.08. The Labute approximate surface area is 113 Å². The molecule has 1 aliphatic rings. The van der Waals surface area contributed by atoms with Gasteiger partial charge in [-0.05, 0) is 38.6 Å². The molecule has 3 rings (SSSR count). The lowest BCUT2D eigenvalue weighted by molar-refractivity contribution is 0.0869. The number of fused-ring (bicyclic) bond motifs is 3. The van der Waals surface area contributed by atoms with Gasteiger partial charge in [0, 0.05) is 30.4 Å². The molecule has 0 unspecified atom stereocenters. The number of hydrogen-bond acceptors (Lipinski definition) is 2. The fourth-order valence-corrected chi connectivity index (χ4v) is 3.30. The Morgan fingerprint density at radius 1 is 1.32 bits per heavy atom. The first-order valence-electron chi connectivity index (χ1n) is 6.85. The van der Waals surface area contributed by atoms with Crippen LogP contribution in [-0.4, -0.2) is 35.9 Å².